The summed E-state index contributed by atoms with van der Waals surface area (Å²) in [5.74, 6) is -0.338. The number of aromatic nitrogens is 1. The molecule has 0 spiro atoms. The van der Waals surface area contributed by atoms with Crippen molar-refractivity contribution in [1.29, 1.82) is 0 Å². The number of hydrogen-bond acceptors (Lipinski definition) is 4. The lowest BCUT2D eigenvalue weighted by Gasteiger charge is -2.01. The van der Waals surface area contributed by atoms with Gasteiger partial charge in [0.15, 0.2) is 4.34 Å². The van der Waals surface area contributed by atoms with Gasteiger partial charge in [-0.1, -0.05) is 23.9 Å². The van der Waals surface area contributed by atoms with Gasteiger partial charge in [0.1, 0.15) is 5.82 Å². The van der Waals surface area contributed by atoms with Crippen LogP contribution in [0.4, 0.5) is 4.39 Å². The average Bonchev–Trinajstić information content (AvgIpc) is 2.80. The first-order valence-corrected chi connectivity index (χ1v) is 7.31. The Morgan fingerprint density at radius 1 is 1.21 bits per heavy atom. The number of fused-ring (bicyclic) bond motifs is 1. The van der Waals surface area contributed by atoms with Gasteiger partial charge >= 0.3 is 0 Å². The van der Waals surface area contributed by atoms with Crippen molar-refractivity contribution in [3.8, 4) is 0 Å². The van der Waals surface area contributed by atoms with E-state index in [-0.39, 0.29) is 12.4 Å². The third-order valence-electron chi connectivity index (χ3n) is 2.59. The van der Waals surface area contributed by atoms with Gasteiger partial charge in [-0.2, -0.15) is 0 Å². The minimum absolute atomic E-state index is 0.162. The minimum atomic E-state index is -0.338. The fraction of sp³-hybridized carbons (Fsp3) is 0.0714. The molecule has 0 amide bonds. The number of nitrogens with zero attached hydrogens (tertiary/aromatic N) is 1. The summed E-state index contributed by atoms with van der Waals surface area (Å²) in [6.45, 7) is -0.162. The van der Waals surface area contributed by atoms with Crippen molar-refractivity contribution in [2.45, 2.75) is 15.8 Å². The number of benzene rings is 2. The van der Waals surface area contributed by atoms with Gasteiger partial charge in [0.05, 0.1) is 16.8 Å². The number of thiazole rings is 1. The second-order valence-corrected chi connectivity index (χ2v) is 6.35. The maximum Gasteiger partial charge on any atom is 0.155 e. The number of para-hydroxylation sites is 1. The smallest absolute Gasteiger partial charge is 0.155 e. The molecule has 3 aromatic rings. The minimum Gasteiger partial charge on any atom is -0.392 e. The summed E-state index contributed by atoms with van der Waals surface area (Å²) >= 11 is 2.99. The Kier molecular flexibility index (Phi) is 3.50. The lowest BCUT2D eigenvalue weighted by Crippen LogP contribution is -1.86. The lowest BCUT2D eigenvalue weighted by atomic mass is 10.2. The van der Waals surface area contributed by atoms with Crippen LogP contribution in [0.1, 0.15) is 5.56 Å². The van der Waals surface area contributed by atoms with Gasteiger partial charge in [-0.3, -0.25) is 0 Å². The van der Waals surface area contributed by atoms with E-state index in [1.807, 2.05) is 24.3 Å². The largest absolute Gasteiger partial charge is 0.392 e. The molecule has 0 atom stereocenters. The van der Waals surface area contributed by atoms with Crippen molar-refractivity contribution in [3.05, 3.63) is 53.8 Å². The number of aliphatic hydroxyl groups is 1. The third-order valence-corrected chi connectivity index (χ3v) is 4.66. The van der Waals surface area contributed by atoms with Crippen molar-refractivity contribution in [1.82, 2.24) is 4.98 Å². The molecule has 1 heterocycles. The summed E-state index contributed by atoms with van der Waals surface area (Å²) in [7, 11) is 0. The highest BCUT2D eigenvalue weighted by Gasteiger charge is 2.07. The Bertz CT molecular complexity index is 693. The molecule has 2 nitrogen and oxygen atoms in total. The van der Waals surface area contributed by atoms with Crippen LogP contribution >= 0.6 is 23.1 Å². The Labute approximate surface area is 117 Å². The predicted molar refractivity (Wildman–Crippen MR) is 76.1 cm³/mol. The number of rotatable bonds is 3. The highest BCUT2D eigenvalue weighted by molar-refractivity contribution is 8.01. The van der Waals surface area contributed by atoms with Crippen LogP contribution in [-0.4, -0.2) is 10.1 Å². The van der Waals surface area contributed by atoms with E-state index in [0.29, 0.717) is 5.56 Å². The lowest BCUT2D eigenvalue weighted by molar-refractivity contribution is 0.281. The van der Waals surface area contributed by atoms with Gasteiger partial charge < -0.3 is 5.11 Å². The van der Waals surface area contributed by atoms with Gasteiger partial charge in [0.2, 0.25) is 0 Å². The van der Waals surface area contributed by atoms with Gasteiger partial charge in [-0.05, 0) is 35.9 Å². The molecule has 1 aromatic heterocycles. The third kappa shape index (κ3) is 2.78. The van der Waals surface area contributed by atoms with Crippen molar-refractivity contribution in [2.24, 2.45) is 0 Å². The molecule has 3 rings (SSSR count). The molecule has 0 saturated heterocycles. The highest BCUT2D eigenvalue weighted by Crippen LogP contribution is 2.34. The first kappa shape index (κ1) is 12.6. The van der Waals surface area contributed by atoms with E-state index in [1.54, 1.807) is 17.4 Å². The molecular weight excluding hydrogens is 281 g/mol. The van der Waals surface area contributed by atoms with Gasteiger partial charge in [0, 0.05) is 4.90 Å². The molecule has 96 valence electrons. The molecule has 0 saturated carbocycles. The maximum absolute atomic E-state index is 13.4. The second kappa shape index (κ2) is 5.28. The molecule has 19 heavy (non-hydrogen) atoms. The van der Waals surface area contributed by atoms with Gasteiger partial charge in [-0.15, -0.1) is 11.3 Å². The fourth-order valence-corrected chi connectivity index (χ4v) is 3.92. The molecule has 0 fully saturated rings. The van der Waals surface area contributed by atoms with E-state index >= 15 is 0 Å². The molecule has 2 aromatic carbocycles. The van der Waals surface area contributed by atoms with E-state index in [4.69, 9.17) is 5.11 Å². The number of hydrogen-bond donors (Lipinski definition) is 1. The van der Waals surface area contributed by atoms with E-state index in [2.05, 4.69) is 4.98 Å². The van der Waals surface area contributed by atoms with Crippen LogP contribution in [0.2, 0.25) is 0 Å². The van der Waals surface area contributed by atoms with Gasteiger partial charge in [-0.25, -0.2) is 9.37 Å². The molecule has 1 N–H and O–H groups in total. The summed E-state index contributed by atoms with van der Waals surface area (Å²) in [5, 5.41) is 9.08. The van der Waals surface area contributed by atoms with Crippen molar-refractivity contribution < 1.29 is 9.50 Å². The highest BCUT2D eigenvalue weighted by atomic mass is 32.2. The molecule has 0 unspecified atom stereocenters. The molecule has 0 radical (unpaired) electrons. The van der Waals surface area contributed by atoms with E-state index in [0.717, 1.165) is 19.5 Å². The van der Waals surface area contributed by atoms with Crippen molar-refractivity contribution in [3.63, 3.8) is 0 Å². The zero-order valence-electron chi connectivity index (χ0n) is 9.84. The summed E-state index contributed by atoms with van der Waals surface area (Å²) in [4.78, 5) is 5.24. The molecular formula is C14H10FNOS2. The van der Waals surface area contributed by atoms with E-state index < -0.39 is 0 Å². The molecule has 5 heteroatoms. The zero-order chi connectivity index (χ0) is 13.2. The Balaban J connectivity index is 1.94. The van der Waals surface area contributed by atoms with Gasteiger partial charge in [0.25, 0.3) is 0 Å². The van der Waals surface area contributed by atoms with Crippen molar-refractivity contribution >= 4 is 33.3 Å². The molecule has 0 aliphatic heterocycles. The Morgan fingerprint density at radius 3 is 2.84 bits per heavy atom. The normalized spacial score (nSPS) is 11.1. The quantitative estimate of drug-likeness (QED) is 0.789. The first-order valence-electron chi connectivity index (χ1n) is 5.68. The van der Waals surface area contributed by atoms with Crippen LogP contribution in [0.3, 0.4) is 0 Å². The number of aliphatic hydroxyl groups excluding tert-OH is 1. The topological polar surface area (TPSA) is 33.1 Å². The summed E-state index contributed by atoms with van der Waals surface area (Å²) in [6, 6.07) is 12.5. The molecule has 0 aliphatic carbocycles. The monoisotopic (exact) mass is 291 g/mol. The standard InChI is InChI=1S/C14H10FNOS2/c15-10-5-9(8-17)6-11(7-10)18-14-16-12-3-1-2-4-13(12)19-14/h1-7,17H,8H2. The summed E-state index contributed by atoms with van der Waals surface area (Å²) in [5.41, 5.74) is 1.53. The number of halogens is 1. The van der Waals surface area contributed by atoms with Crippen LogP contribution in [0.15, 0.2) is 51.7 Å². The van der Waals surface area contributed by atoms with Crippen LogP contribution in [0.25, 0.3) is 10.2 Å². The maximum atomic E-state index is 13.4. The van der Waals surface area contributed by atoms with E-state index in [9.17, 15) is 4.39 Å². The zero-order valence-corrected chi connectivity index (χ0v) is 11.5. The summed E-state index contributed by atoms with van der Waals surface area (Å²) < 4.78 is 15.4. The Hall–Kier alpha value is -1.43. The van der Waals surface area contributed by atoms with E-state index in [1.165, 1.54) is 23.9 Å². The van der Waals surface area contributed by atoms with Crippen LogP contribution in [0, 0.1) is 5.82 Å². The van der Waals surface area contributed by atoms with Crippen LogP contribution in [0.5, 0.6) is 0 Å². The molecule has 0 aliphatic rings. The van der Waals surface area contributed by atoms with Crippen LogP contribution < -0.4 is 0 Å². The first-order chi connectivity index (χ1) is 9.24. The molecule has 0 bridgehead atoms. The fourth-order valence-electron chi connectivity index (χ4n) is 1.77. The SMILES string of the molecule is OCc1cc(F)cc(Sc2nc3ccccc3s2)c1. The van der Waals surface area contributed by atoms with Crippen LogP contribution in [-0.2, 0) is 6.61 Å². The Morgan fingerprint density at radius 2 is 2.05 bits per heavy atom. The predicted octanol–water partition coefficient (Wildman–Crippen LogP) is 4.08. The van der Waals surface area contributed by atoms with Crippen molar-refractivity contribution in [2.75, 3.05) is 0 Å². The second-order valence-electron chi connectivity index (χ2n) is 4.00. The summed E-state index contributed by atoms with van der Waals surface area (Å²) in [6.07, 6.45) is 0. The average molecular weight is 291 g/mol.